The molecule has 1 heterocycles. The number of aromatic nitrogens is 1. The van der Waals surface area contributed by atoms with Crippen molar-refractivity contribution < 1.29 is 12.8 Å². The van der Waals surface area contributed by atoms with Crippen LogP contribution in [0.4, 0.5) is 10.1 Å². The number of hydrogen-bond donors (Lipinski definition) is 1. The Hall–Kier alpha value is -1.95. The number of pyridine rings is 1. The van der Waals surface area contributed by atoms with Crippen LogP contribution >= 0.6 is 0 Å². The lowest BCUT2D eigenvalue weighted by molar-refractivity contribution is 0.589. The SMILES string of the molecule is Cc1cnc(CS(=O)(=O)c2cccc(F)c2)c(C)c1N. The fourth-order valence-corrected chi connectivity index (χ4v) is 3.26. The lowest BCUT2D eigenvalue weighted by Crippen LogP contribution is -2.10. The van der Waals surface area contributed by atoms with Gasteiger partial charge in [0.1, 0.15) is 5.82 Å². The summed E-state index contributed by atoms with van der Waals surface area (Å²) in [5.74, 6) is -0.883. The molecule has 20 heavy (non-hydrogen) atoms. The average Bonchev–Trinajstić information content (AvgIpc) is 2.39. The summed E-state index contributed by atoms with van der Waals surface area (Å²) in [5, 5.41) is 0. The smallest absolute Gasteiger partial charge is 0.184 e. The van der Waals surface area contributed by atoms with E-state index in [0.717, 1.165) is 11.6 Å². The molecular formula is C14H15FN2O2S. The monoisotopic (exact) mass is 294 g/mol. The van der Waals surface area contributed by atoms with Crippen LogP contribution in [-0.4, -0.2) is 13.4 Å². The molecule has 2 aromatic rings. The number of halogens is 1. The van der Waals surface area contributed by atoms with Gasteiger partial charge in [-0.2, -0.15) is 0 Å². The molecule has 4 nitrogen and oxygen atoms in total. The van der Waals surface area contributed by atoms with E-state index < -0.39 is 15.7 Å². The summed E-state index contributed by atoms with van der Waals surface area (Å²) in [6.45, 7) is 3.53. The highest BCUT2D eigenvalue weighted by Gasteiger charge is 2.19. The normalized spacial score (nSPS) is 11.6. The van der Waals surface area contributed by atoms with Crippen LogP contribution in [0.15, 0.2) is 35.4 Å². The Kier molecular flexibility index (Phi) is 3.76. The number of benzene rings is 1. The maximum absolute atomic E-state index is 13.1. The maximum Gasteiger partial charge on any atom is 0.184 e. The van der Waals surface area contributed by atoms with E-state index >= 15 is 0 Å². The minimum atomic E-state index is -3.65. The lowest BCUT2D eigenvalue weighted by Gasteiger charge is -2.10. The van der Waals surface area contributed by atoms with Crippen LogP contribution in [0.3, 0.4) is 0 Å². The van der Waals surface area contributed by atoms with Gasteiger partial charge in [0.25, 0.3) is 0 Å². The zero-order valence-corrected chi connectivity index (χ0v) is 12.0. The molecule has 0 bridgehead atoms. The Bertz CT molecular complexity index is 758. The van der Waals surface area contributed by atoms with Gasteiger partial charge in [-0.1, -0.05) is 6.07 Å². The zero-order valence-electron chi connectivity index (χ0n) is 11.2. The second kappa shape index (κ2) is 5.20. The summed E-state index contributed by atoms with van der Waals surface area (Å²) in [4.78, 5) is 4.06. The molecule has 6 heteroatoms. The third-order valence-electron chi connectivity index (χ3n) is 3.16. The topological polar surface area (TPSA) is 73.0 Å². The molecule has 0 aliphatic heterocycles. The van der Waals surface area contributed by atoms with Crippen molar-refractivity contribution in [2.75, 3.05) is 5.73 Å². The van der Waals surface area contributed by atoms with Gasteiger partial charge in [-0.05, 0) is 43.2 Å². The Morgan fingerprint density at radius 3 is 2.65 bits per heavy atom. The predicted molar refractivity (Wildman–Crippen MR) is 75.4 cm³/mol. The maximum atomic E-state index is 13.1. The van der Waals surface area contributed by atoms with Gasteiger partial charge < -0.3 is 5.73 Å². The number of anilines is 1. The van der Waals surface area contributed by atoms with E-state index in [1.54, 1.807) is 20.0 Å². The molecule has 0 spiro atoms. The van der Waals surface area contributed by atoms with Gasteiger partial charge in [0.05, 0.1) is 16.3 Å². The number of sulfone groups is 1. The minimum Gasteiger partial charge on any atom is -0.398 e. The summed E-state index contributed by atoms with van der Waals surface area (Å²) in [6, 6.07) is 4.94. The van der Waals surface area contributed by atoms with Gasteiger partial charge in [-0.25, -0.2) is 12.8 Å². The summed E-state index contributed by atoms with van der Waals surface area (Å²) >= 11 is 0. The largest absolute Gasteiger partial charge is 0.398 e. The predicted octanol–water partition coefficient (Wildman–Crippen LogP) is 2.39. The number of hydrogen-bond acceptors (Lipinski definition) is 4. The number of aryl methyl sites for hydroxylation is 1. The highest BCUT2D eigenvalue weighted by atomic mass is 32.2. The lowest BCUT2D eigenvalue weighted by atomic mass is 10.1. The number of nitrogens with two attached hydrogens (primary N) is 1. The van der Waals surface area contributed by atoms with Crippen molar-refractivity contribution in [3.63, 3.8) is 0 Å². The molecule has 1 aromatic carbocycles. The van der Waals surface area contributed by atoms with E-state index in [-0.39, 0.29) is 10.6 Å². The highest BCUT2D eigenvalue weighted by molar-refractivity contribution is 7.90. The molecule has 0 atom stereocenters. The van der Waals surface area contributed by atoms with E-state index in [9.17, 15) is 12.8 Å². The molecule has 1 aromatic heterocycles. The van der Waals surface area contributed by atoms with Crippen LogP contribution in [0.25, 0.3) is 0 Å². The summed E-state index contributed by atoms with van der Waals surface area (Å²) in [7, 11) is -3.65. The van der Waals surface area contributed by atoms with Crippen LogP contribution in [0, 0.1) is 19.7 Å². The van der Waals surface area contributed by atoms with Crippen LogP contribution in [0.2, 0.25) is 0 Å². The van der Waals surface area contributed by atoms with Gasteiger partial charge in [0.2, 0.25) is 0 Å². The Morgan fingerprint density at radius 1 is 1.30 bits per heavy atom. The van der Waals surface area contributed by atoms with E-state index in [2.05, 4.69) is 4.98 Å². The minimum absolute atomic E-state index is 0.0575. The fraction of sp³-hybridized carbons (Fsp3) is 0.214. The molecular weight excluding hydrogens is 279 g/mol. The van der Waals surface area contributed by atoms with Gasteiger partial charge in [0, 0.05) is 11.9 Å². The van der Waals surface area contributed by atoms with Crippen molar-refractivity contribution >= 4 is 15.5 Å². The van der Waals surface area contributed by atoms with Gasteiger partial charge >= 0.3 is 0 Å². The quantitative estimate of drug-likeness (QED) is 0.943. The van der Waals surface area contributed by atoms with E-state index in [1.807, 2.05) is 0 Å². The molecule has 0 saturated carbocycles. The molecule has 2 N–H and O–H groups in total. The van der Waals surface area contributed by atoms with E-state index in [4.69, 9.17) is 5.73 Å². The number of nitrogen functional groups attached to an aromatic ring is 1. The molecule has 2 rings (SSSR count). The first kappa shape index (κ1) is 14.5. The third-order valence-corrected chi connectivity index (χ3v) is 4.78. The molecule has 0 saturated heterocycles. The molecule has 0 fully saturated rings. The standard InChI is InChI=1S/C14H15FN2O2S/c1-9-7-17-13(10(2)14(9)16)8-20(18,19)12-5-3-4-11(15)6-12/h3-7H,8H2,1-2H3,(H2,16,17). The summed E-state index contributed by atoms with van der Waals surface area (Å²) in [5.41, 5.74) is 8.23. The van der Waals surface area contributed by atoms with Crippen molar-refractivity contribution in [2.45, 2.75) is 24.5 Å². The van der Waals surface area contributed by atoms with E-state index in [1.165, 1.54) is 18.2 Å². The van der Waals surface area contributed by atoms with Crippen LogP contribution < -0.4 is 5.73 Å². The van der Waals surface area contributed by atoms with Crippen LogP contribution in [0.1, 0.15) is 16.8 Å². The molecule has 0 amide bonds. The van der Waals surface area contributed by atoms with Crippen molar-refractivity contribution in [3.8, 4) is 0 Å². The van der Waals surface area contributed by atoms with Crippen molar-refractivity contribution in [3.05, 3.63) is 53.1 Å². The fourth-order valence-electron chi connectivity index (χ4n) is 1.86. The summed E-state index contributed by atoms with van der Waals surface area (Å²) < 4.78 is 37.6. The Labute approximate surface area is 117 Å². The van der Waals surface area contributed by atoms with Crippen LogP contribution in [0.5, 0.6) is 0 Å². The molecule has 0 aliphatic carbocycles. The van der Waals surface area contributed by atoms with Crippen molar-refractivity contribution in [2.24, 2.45) is 0 Å². The first-order chi connectivity index (χ1) is 9.31. The highest BCUT2D eigenvalue weighted by Crippen LogP contribution is 2.22. The average molecular weight is 294 g/mol. The molecule has 0 aliphatic rings. The first-order valence-corrected chi connectivity index (χ1v) is 7.65. The molecule has 0 unspecified atom stereocenters. The second-order valence-corrected chi connectivity index (χ2v) is 6.63. The Balaban J connectivity index is 2.41. The first-order valence-electron chi connectivity index (χ1n) is 6.00. The van der Waals surface area contributed by atoms with Gasteiger partial charge in [0.15, 0.2) is 9.84 Å². The van der Waals surface area contributed by atoms with Crippen molar-refractivity contribution in [1.29, 1.82) is 0 Å². The number of rotatable bonds is 3. The summed E-state index contributed by atoms with van der Waals surface area (Å²) in [6.07, 6.45) is 1.54. The van der Waals surface area contributed by atoms with Crippen molar-refractivity contribution in [1.82, 2.24) is 4.98 Å². The van der Waals surface area contributed by atoms with Crippen LogP contribution in [-0.2, 0) is 15.6 Å². The third kappa shape index (κ3) is 2.80. The second-order valence-electron chi connectivity index (χ2n) is 4.64. The zero-order chi connectivity index (χ0) is 14.9. The molecule has 0 radical (unpaired) electrons. The van der Waals surface area contributed by atoms with Gasteiger partial charge in [-0.3, -0.25) is 4.98 Å². The van der Waals surface area contributed by atoms with Gasteiger partial charge in [-0.15, -0.1) is 0 Å². The number of nitrogens with zero attached hydrogens (tertiary/aromatic N) is 1. The Morgan fingerprint density at radius 2 is 2.00 bits per heavy atom. The van der Waals surface area contributed by atoms with E-state index in [0.29, 0.717) is 16.9 Å². The molecule has 106 valence electrons.